The smallest absolute Gasteiger partial charge is 0.306 e. The highest BCUT2D eigenvalue weighted by Gasteiger charge is 1.98. The van der Waals surface area contributed by atoms with E-state index in [-0.39, 0.29) is 5.97 Å². The quantitative estimate of drug-likeness (QED) is 0.452. The lowest BCUT2D eigenvalue weighted by Crippen LogP contribution is -2.03. The minimum absolute atomic E-state index is 0.0856. The summed E-state index contributed by atoms with van der Waals surface area (Å²) in [5, 5.41) is 0. The summed E-state index contributed by atoms with van der Waals surface area (Å²) in [6.07, 6.45) is 7.39. The first-order chi connectivity index (χ1) is 5.81. The molecule has 0 aliphatic rings. The molecule has 0 amide bonds. The van der Waals surface area contributed by atoms with E-state index >= 15 is 0 Å². The lowest BCUT2D eigenvalue weighted by atomic mass is 10.2. The molecule has 0 aromatic rings. The largest absolute Gasteiger partial charge is 0.461 e. The van der Waals surface area contributed by atoms with E-state index in [4.69, 9.17) is 4.74 Å². The summed E-state index contributed by atoms with van der Waals surface area (Å²) in [6, 6.07) is 0. The van der Waals surface area contributed by atoms with Crippen LogP contribution in [0.15, 0.2) is 12.2 Å². The molecule has 0 aromatic heterocycles. The molecule has 0 fully saturated rings. The fourth-order valence-corrected chi connectivity index (χ4v) is 0.769. The maximum Gasteiger partial charge on any atom is 0.306 e. The molecule has 0 saturated carbocycles. The Morgan fingerprint density at radius 3 is 2.67 bits per heavy atom. The van der Waals surface area contributed by atoms with Crippen LogP contribution in [0, 0.1) is 0 Å². The number of allylic oxidation sites excluding steroid dienone is 1. The van der Waals surface area contributed by atoms with Crippen LogP contribution in [0.2, 0.25) is 0 Å². The Labute approximate surface area is 74.6 Å². The Morgan fingerprint density at radius 2 is 2.08 bits per heavy atom. The second kappa shape index (κ2) is 8.31. The van der Waals surface area contributed by atoms with Gasteiger partial charge >= 0.3 is 5.97 Å². The highest BCUT2D eigenvalue weighted by molar-refractivity contribution is 5.69. The zero-order valence-electron chi connectivity index (χ0n) is 8.01. The van der Waals surface area contributed by atoms with Crippen LogP contribution in [-0.4, -0.2) is 12.6 Å². The molecule has 70 valence electrons. The van der Waals surface area contributed by atoms with Crippen molar-refractivity contribution in [2.75, 3.05) is 6.61 Å². The van der Waals surface area contributed by atoms with Crippen molar-refractivity contribution in [3.8, 4) is 0 Å². The normalized spacial score (nSPS) is 10.5. The van der Waals surface area contributed by atoms with Crippen molar-refractivity contribution in [1.29, 1.82) is 0 Å². The van der Waals surface area contributed by atoms with Gasteiger partial charge in [-0.3, -0.25) is 4.79 Å². The van der Waals surface area contributed by atoms with Crippen molar-refractivity contribution < 1.29 is 9.53 Å². The third-order valence-corrected chi connectivity index (χ3v) is 1.48. The Kier molecular flexibility index (Phi) is 7.76. The van der Waals surface area contributed by atoms with Gasteiger partial charge in [0.05, 0.1) is 0 Å². The Morgan fingerprint density at radius 1 is 1.33 bits per heavy atom. The molecule has 0 aliphatic carbocycles. The van der Waals surface area contributed by atoms with Crippen molar-refractivity contribution in [3.05, 3.63) is 12.2 Å². The molecule has 0 aliphatic heterocycles. The maximum absolute atomic E-state index is 10.9. The van der Waals surface area contributed by atoms with Gasteiger partial charge in [-0.15, -0.1) is 0 Å². The fourth-order valence-electron chi connectivity index (χ4n) is 0.769. The average Bonchev–Trinajstić information content (AvgIpc) is 2.09. The Hall–Kier alpha value is -0.790. The topological polar surface area (TPSA) is 26.3 Å². The van der Waals surface area contributed by atoms with Crippen molar-refractivity contribution in [2.45, 2.75) is 39.5 Å². The van der Waals surface area contributed by atoms with E-state index in [0.717, 1.165) is 19.3 Å². The van der Waals surface area contributed by atoms with Crippen LogP contribution in [0.5, 0.6) is 0 Å². The lowest BCUT2D eigenvalue weighted by Gasteiger charge is -1.99. The molecular formula is C10H18O2. The second-order valence-electron chi connectivity index (χ2n) is 2.67. The van der Waals surface area contributed by atoms with Gasteiger partial charge in [0.1, 0.15) is 6.61 Å². The highest BCUT2D eigenvalue weighted by atomic mass is 16.5. The number of esters is 1. The molecule has 0 bridgehead atoms. The molecule has 0 unspecified atom stereocenters. The van der Waals surface area contributed by atoms with Gasteiger partial charge in [-0.2, -0.15) is 0 Å². The van der Waals surface area contributed by atoms with E-state index < -0.39 is 0 Å². The summed E-state index contributed by atoms with van der Waals surface area (Å²) in [7, 11) is 0. The van der Waals surface area contributed by atoms with E-state index in [9.17, 15) is 4.79 Å². The number of carbonyl (C=O) groups is 1. The lowest BCUT2D eigenvalue weighted by molar-refractivity contribution is -0.142. The molecule has 2 heteroatoms. The SMILES string of the molecule is CC/C=C/COC(=O)CCCC. The van der Waals surface area contributed by atoms with Gasteiger partial charge < -0.3 is 4.74 Å². The molecule has 0 N–H and O–H groups in total. The van der Waals surface area contributed by atoms with Gasteiger partial charge in [-0.05, 0) is 12.8 Å². The molecule has 0 radical (unpaired) electrons. The summed E-state index contributed by atoms with van der Waals surface area (Å²) in [5.74, 6) is -0.0856. The summed E-state index contributed by atoms with van der Waals surface area (Å²) in [6.45, 7) is 4.54. The molecule has 0 aromatic carbocycles. The van der Waals surface area contributed by atoms with Gasteiger partial charge in [-0.1, -0.05) is 32.4 Å². The number of ether oxygens (including phenoxy) is 1. The number of rotatable bonds is 6. The van der Waals surface area contributed by atoms with Crippen molar-refractivity contribution >= 4 is 5.97 Å². The van der Waals surface area contributed by atoms with Gasteiger partial charge in [0.25, 0.3) is 0 Å². The third kappa shape index (κ3) is 7.32. The monoisotopic (exact) mass is 170 g/mol. The Bertz CT molecular complexity index is 139. The first kappa shape index (κ1) is 11.2. The molecule has 12 heavy (non-hydrogen) atoms. The van der Waals surface area contributed by atoms with E-state index in [1.54, 1.807) is 0 Å². The van der Waals surface area contributed by atoms with Crippen molar-refractivity contribution in [1.82, 2.24) is 0 Å². The standard InChI is InChI=1S/C10H18O2/c1-3-5-7-9-12-10(11)8-6-4-2/h5,7H,3-4,6,8-9H2,1-2H3/b7-5+. The van der Waals surface area contributed by atoms with Gasteiger partial charge in [-0.25, -0.2) is 0 Å². The average molecular weight is 170 g/mol. The highest BCUT2D eigenvalue weighted by Crippen LogP contribution is 1.96. The first-order valence-corrected chi connectivity index (χ1v) is 4.61. The molecule has 0 spiro atoms. The number of hydrogen-bond donors (Lipinski definition) is 0. The summed E-state index contributed by atoms with van der Waals surface area (Å²) >= 11 is 0. The number of carbonyl (C=O) groups excluding carboxylic acids is 1. The predicted molar refractivity (Wildman–Crippen MR) is 49.9 cm³/mol. The number of unbranched alkanes of at least 4 members (excludes halogenated alkanes) is 1. The van der Waals surface area contributed by atoms with Crippen molar-refractivity contribution in [2.24, 2.45) is 0 Å². The van der Waals surface area contributed by atoms with Crippen LogP contribution >= 0.6 is 0 Å². The van der Waals surface area contributed by atoms with Crippen LogP contribution in [0.1, 0.15) is 39.5 Å². The van der Waals surface area contributed by atoms with Crippen LogP contribution in [0.25, 0.3) is 0 Å². The van der Waals surface area contributed by atoms with Crippen LogP contribution < -0.4 is 0 Å². The third-order valence-electron chi connectivity index (χ3n) is 1.48. The molecular weight excluding hydrogens is 152 g/mol. The van der Waals surface area contributed by atoms with Crippen molar-refractivity contribution in [3.63, 3.8) is 0 Å². The maximum atomic E-state index is 10.9. The molecule has 0 rings (SSSR count). The second-order valence-corrected chi connectivity index (χ2v) is 2.67. The number of hydrogen-bond acceptors (Lipinski definition) is 2. The minimum Gasteiger partial charge on any atom is -0.461 e. The summed E-state index contributed by atoms with van der Waals surface area (Å²) in [5.41, 5.74) is 0. The molecule has 2 nitrogen and oxygen atoms in total. The minimum atomic E-state index is -0.0856. The van der Waals surface area contributed by atoms with E-state index in [2.05, 4.69) is 13.8 Å². The van der Waals surface area contributed by atoms with Crippen LogP contribution in [-0.2, 0) is 9.53 Å². The van der Waals surface area contributed by atoms with E-state index in [1.165, 1.54) is 0 Å². The molecule has 0 atom stereocenters. The van der Waals surface area contributed by atoms with E-state index in [0.29, 0.717) is 13.0 Å². The fraction of sp³-hybridized carbons (Fsp3) is 0.700. The van der Waals surface area contributed by atoms with Gasteiger partial charge in [0, 0.05) is 6.42 Å². The van der Waals surface area contributed by atoms with Gasteiger partial charge in [0.15, 0.2) is 0 Å². The zero-order valence-corrected chi connectivity index (χ0v) is 8.01. The Balaban J connectivity index is 3.25. The molecule has 0 saturated heterocycles. The van der Waals surface area contributed by atoms with Gasteiger partial charge in [0.2, 0.25) is 0 Å². The summed E-state index contributed by atoms with van der Waals surface area (Å²) < 4.78 is 4.92. The molecule has 0 heterocycles. The summed E-state index contributed by atoms with van der Waals surface area (Å²) in [4.78, 5) is 10.9. The predicted octanol–water partition coefficient (Wildman–Crippen LogP) is 2.69. The van der Waals surface area contributed by atoms with Crippen LogP contribution in [0.4, 0.5) is 0 Å². The first-order valence-electron chi connectivity index (χ1n) is 4.61. The van der Waals surface area contributed by atoms with E-state index in [1.807, 2.05) is 12.2 Å². The zero-order chi connectivity index (χ0) is 9.23. The van der Waals surface area contributed by atoms with Crippen LogP contribution in [0.3, 0.4) is 0 Å².